The van der Waals surface area contributed by atoms with E-state index < -0.39 is 5.60 Å². The van der Waals surface area contributed by atoms with Gasteiger partial charge in [0.15, 0.2) is 0 Å². The van der Waals surface area contributed by atoms with Gasteiger partial charge in [-0.2, -0.15) is 0 Å². The smallest absolute Gasteiger partial charge is 0.129 e. The van der Waals surface area contributed by atoms with Gasteiger partial charge in [-0.05, 0) is 30.4 Å². The molecule has 0 aliphatic heterocycles. The molecule has 0 saturated heterocycles. The highest BCUT2D eigenvalue weighted by Gasteiger charge is 2.36. The minimum Gasteiger partial charge on any atom is -0.224 e. The van der Waals surface area contributed by atoms with Crippen LogP contribution in [0.3, 0.4) is 0 Å². The van der Waals surface area contributed by atoms with Crippen molar-refractivity contribution < 1.29 is 5.11 Å². The number of fused-ring (bicyclic) bond motifs is 1. The molecule has 63 valence electrons. The first-order chi connectivity index (χ1) is 5.76. The van der Waals surface area contributed by atoms with E-state index in [4.69, 9.17) is 0 Å². The van der Waals surface area contributed by atoms with Crippen LogP contribution in [-0.2, 0) is 17.1 Å². The Hall–Kier alpha value is -0.820. The molecule has 1 atom stereocenters. The first-order valence-electron chi connectivity index (χ1n) is 4.55. The van der Waals surface area contributed by atoms with Crippen LogP contribution in [0, 0.1) is 0 Å². The highest BCUT2D eigenvalue weighted by atomic mass is 16.3. The molecule has 0 N–H and O–H groups in total. The number of rotatable bonds is 1. The van der Waals surface area contributed by atoms with Gasteiger partial charge < -0.3 is 0 Å². The Morgan fingerprint density at radius 3 is 2.92 bits per heavy atom. The molecule has 12 heavy (non-hydrogen) atoms. The van der Waals surface area contributed by atoms with E-state index in [0.29, 0.717) is 6.42 Å². The van der Waals surface area contributed by atoms with Gasteiger partial charge in [0.1, 0.15) is 5.60 Å². The van der Waals surface area contributed by atoms with Crippen molar-refractivity contribution in [3.8, 4) is 0 Å². The lowest BCUT2D eigenvalue weighted by molar-refractivity contribution is -0.0368. The number of aryl methyl sites for hydroxylation is 1. The number of benzene rings is 1. The van der Waals surface area contributed by atoms with Crippen LogP contribution in [0.1, 0.15) is 30.9 Å². The highest BCUT2D eigenvalue weighted by Crippen LogP contribution is 2.39. The van der Waals surface area contributed by atoms with Crippen molar-refractivity contribution in [2.45, 2.75) is 31.8 Å². The van der Waals surface area contributed by atoms with Gasteiger partial charge in [-0.25, -0.2) is 5.11 Å². The summed E-state index contributed by atoms with van der Waals surface area (Å²) < 4.78 is 0. The van der Waals surface area contributed by atoms with Gasteiger partial charge in [0.05, 0.1) is 0 Å². The summed E-state index contributed by atoms with van der Waals surface area (Å²) in [5.41, 5.74) is 1.51. The number of hydrogen-bond donors (Lipinski definition) is 0. The second-order valence-electron chi connectivity index (χ2n) is 3.50. The minimum atomic E-state index is -0.781. The van der Waals surface area contributed by atoms with E-state index >= 15 is 0 Å². The van der Waals surface area contributed by atoms with Gasteiger partial charge in [0.2, 0.25) is 0 Å². The summed E-state index contributed by atoms with van der Waals surface area (Å²) in [6.07, 6.45) is 2.46. The van der Waals surface area contributed by atoms with Crippen LogP contribution in [0.25, 0.3) is 0 Å². The van der Waals surface area contributed by atoms with Crippen LogP contribution < -0.4 is 0 Å². The van der Waals surface area contributed by atoms with E-state index in [2.05, 4.69) is 6.07 Å². The molecule has 1 aromatic rings. The molecule has 0 heterocycles. The van der Waals surface area contributed by atoms with Gasteiger partial charge in [-0.15, -0.1) is 0 Å². The maximum absolute atomic E-state index is 12.1. The van der Waals surface area contributed by atoms with Crippen LogP contribution in [0.4, 0.5) is 0 Å². The van der Waals surface area contributed by atoms with E-state index in [-0.39, 0.29) is 0 Å². The monoisotopic (exact) mass is 161 g/mol. The molecular formula is C11H13O. The first-order valence-corrected chi connectivity index (χ1v) is 4.55. The second kappa shape index (κ2) is 2.60. The third-order valence-electron chi connectivity index (χ3n) is 2.88. The summed E-state index contributed by atoms with van der Waals surface area (Å²) in [6.45, 7) is 1.98. The molecule has 0 aromatic heterocycles. The largest absolute Gasteiger partial charge is 0.224 e. The summed E-state index contributed by atoms with van der Waals surface area (Å²) in [7, 11) is 0. The quantitative estimate of drug-likeness (QED) is 0.603. The van der Waals surface area contributed by atoms with Crippen molar-refractivity contribution in [2.24, 2.45) is 0 Å². The minimum absolute atomic E-state index is 0.712. The molecule has 1 heteroatoms. The normalized spacial score (nSPS) is 27.2. The lowest BCUT2D eigenvalue weighted by atomic mass is 9.93. The van der Waals surface area contributed by atoms with Crippen LogP contribution in [-0.4, -0.2) is 0 Å². The molecule has 0 fully saturated rings. The van der Waals surface area contributed by atoms with Crippen molar-refractivity contribution in [1.29, 1.82) is 0 Å². The van der Waals surface area contributed by atoms with Gasteiger partial charge in [-0.1, -0.05) is 31.2 Å². The molecule has 2 rings (SSSR count). The van der Waals surface area contributed by atoms with E-state index in [9.17, 15) is 5.11 Å². The Labute approximate surface area is 73.0 Å². The molecule has 0 saturated carbocycles. The van der Waals surface area contributed by atoms with Gasteiger partial charge in [-0.3, -0.25) is 0 Å². The molecule has 1 aromatic carbocycles. The van der Waals surface area contributed by atoms with E-state index in [1.165, 1.54) is 5.56 Å². The molecule has 1 radical (unpaired) electrons. The summed E-state index contributed by atoms with van der Waals surface area (Å²) in [5.74, 6) is 0. The zero-order valence-corrected chi connectivity index (χ0v) is 7.34. The maximum Gasteiger partial charge on any atom is 0.129 e. The van der Waals surface area contributed by atoms with Crippen molar-refractivity contribution in [1.82, 2.24) is 0 Å². The van der Waals surface area contributed by atoms with Gasteiger partial charge in [0.25, 0.3) is 0 Å². The summed E-state index contributed by atoms with van der Waals surface area (Å²) in [6, 6.07) is 8.04. The van der Waals surface area contributed by atoms with Crippen molar-refractivity contribution in [3.05, 3.63) is 35.4 Å². The molecule has 0 spiro atoms. The van der Waals surface area contributed by atoms with Crippen molar-refractivity contribution in [2.75, 3.05) is 0 Å². The van der Waals surface area contributed by atoms with E-state index in [1.54, 1.807) is 0 Å². The van der Waals surface area contributed by atoms with Crippen LogP contribution in [0.2, 0.25) is 0 Å². The standard InChI is InChI=1S/C11H13O/c1-2-11(12)8-7-9-5-3-4-6-10(9)11/h3-6H,2,7-8H2,1H3. The van der Waals surface area contributed by atoms with Crippen LogP contribution in [0.15, 0.2) is 24.3 Å². The topological polar surface area (TPSA) is 19.9 Å². The summed E-state index contributed by atoms with van der Waals surface area (Å²) in [5, 5.41) is 12.1. The summed E-state index contributed by atoms with van der Waals surface area (Å²) in [4.78, 5) is 0. The second-order valence-corrected chi connectivity index (χ2v) is 3.50. The third kappa shape index (κ3) is 0.969. The Morgan fingerprint density at radius 1 is 1.42 bits per heavy atom. The fraction of sp³-hybridized carbons (Fsp3) is 0.455. The Balaban J connectivity index is 2.49. The van der Waals surface area contributed by atoms with Crippen LogP contribution in [0.5, 0.6) is 0 Å². The van der Waals surface area contributed by atoms with E-state index in [1.807, 2.05) is 25.1 Å². The zero-order valence-electron chi connectivity index (χ0n) is 7.34. The number of hydrogen-bond acceptors (Lipinski definition) is 0. The Kier molecular flexibility index (Phi) is 1.69. The Morgan fingerprint density at radius 2 is 2.17 bits per heavy atom. The van der Waals surface area contributed by atoms with Crippen molar-refractivity contribution in [3.63, 3.8) is 0 Å². The molecule has 1 nitrogen and oxygen atoms in total. The molecule has 0 amide bonds. The van der Waals surface area contributed by atoms with Crippen LogP contribution >= 0.6 is 0 Å². The summed E-state index contributed by atoms with van der Waals surface area (Å²) >= 11 is 0. The highest BCUT2D eigenvalue weighted by molar-refractivity contribution is 5.36. The predicted octanol–water partition coefficient (Wildman–Crippen LogP) is 2.67. The SMILES string of the molecule is CCC1([O])CCc2ccccc21. The zero-order chi connectivity index (χ0) is 8.60. The molecule has 0 bridgehead atoms. The lowest BCUT2D eigenvalue weighted by Gasteiger charge is -2.18. The predicted molar refractivity (Wildman–Crippen MR) is 47.4 cm³/mol. The molecule has 1 aliphatic rings. The fourth-order valence-electron chi connectivity index (χ4n) is 2.02. The molecule has 1 unspecified atom stereocenters. The molecule has 1 aliphatic carbocycles. The van der Waals surface area contributed by atoms with Crippen molar-refractivity contribution >= 4 is 0 Å². The fourth-order valence-corrected chi connectivity index (χ4v) is 2.02. The average Bonchev–Trinajstić information content (AvgIpc) is 2.46. The third-order valence-corrected chi connectivity index (χ3v) is 2.88. The average molecular weight is 161 g/mol. The lowest BCUT2D eigenvalue weighted by Crippen LogP contribution is -2.18. The van der Waals surface area contributed by atoms with Gasteiger partial charge >= 0.3 is 0 Å². The Bertz CT molecular complexity index is 293. The molecular weight excluding hydrogens is 148 g/mol. The van der Waals surface area contributed by atoms with Gasteiger partial charge in [0, 0.05) is 0 Å². The maximum atomic E-state index is 12.1. The van der Waals surface area contributed by atoms with E-state index in [0.717, 1.165) is 18.4 Å². The first kappa shape index (κ1) is 7.81.